The summed E-state index contributed by atoms with van der Waals surface area (Å²) in [4.78, 5) is 32.3. The maximum absolute atomic E-state index is 10.7. The normalized spacial score (nSPS) is 33.9. The first-order valence-corrected chi connectivity index (χ1v) is 6.89. The standard InChI is InChI=1S/C8H15NO6.H3O4P/c1-3(11)9-5-7(13)6(12)4(2-10)15-8(5)14;1-5(2,3)4/h4-8,10,12-14H,2H2,1H3,(H,9,11);(H3,1,2,3,4)/t4-,5-,6-,7-,8-;/m1./s1. The van der Waals surface area contributed by atoms with Gasteiger partial charge in [-0.05, 0) is 0 Å². The minimum Gasteiger partial charge on any atom is -0.394 e. The Kier molecular flexibility index (Phi) is 7.73. The highest BCUT2D eigenvalue weighted by Gasteiger charge is 2.43. The molecule has 0 bridgehead atoms. The molecule has 0 saturated carbocycles. The summed E-state index contributed by atoms with van der Waals surface area (Å²) in [6, 6.07) is -1.10. The van der Waals surface area contributed by atoms with E-state index in [2.05, 4.69) is 5.32 Å². The topological polar surface area (TPSA) is 197 Å². The first-order chi connectivity index (χ1) is 8.97. The van der Waals surface area contributed by atoms with Gasteiger partial charge >= 0.3 is 7.82 Å². The quantitative estimate of drug-likeness (QED) is 0.232. The number of aliphatic hydroxyl groups is 4. The average molecular weight is 319 g/mol. The van der Waals surface area contributed by atoms with Crippen LogP contribution < -0.4 is 5.32 Å². The Bertz CT molecular complexity index is 351. The van der Waals surface area contributed by atoms with Gasteiger partial charge in [-0.15, -0.1) is 0 Å². The van der Waals surface area contributed by atoms with Crippen molar-refractivity contribution < 1.29 is 49.2 Å². The number of hydrogen-bond donors (Lipinski definition) is 8. The van der Waals surface area contributed by atoms with E-state index in [-0.39, 0.29) is 0 Å². The highest BCUT2D eigenvalue weighted by atomic mass is 31.2. The lowest BCUT2D eigenvalue weighted by atomic mass is 9.97. The zero-order valence-electron chi connectivity index (χ0n) is 10.4. The Balaban J connectivity index is 0.000000621. The average Bonchev–Trinajstić information content (AvgIpc) is 2.27. The smallest absolute Gasteiger partial charge is 0.394 e. The van der Waals surface area contributed by atoms with E-state index in [9.17, 15) is 20.1 Å². The molecule has 1 heterocycles. The second kappa shape index (κ2) is 7.98. The summed E-state index contributed by atoms with van der Waals surface area (Å²) in [5, 5.41) is 39.4. The van der Waals surface area contributed by atoms with Crippen molar-refractivity contribution >= 4 is 13.7 Å². The maximum Gasteiger partial charge on any atom is 0.466 e. The van der Waals surface area contributed by atoms with Crippen LogP contribution in [-0.2, 0) is 14.1 Å². The van der Waals surface area contributed by atoms with Crippen molar-refractivity contribution in [3.63, 3.8) is 0 Å². The zero-order valence-corrected chi connectivity index (χ0v) is 11.3. The molecule has 120 valence electrons. The number of hydrogen-bond acceptors (Lipinski definition) is 7. The van der Waals surface area contributed by atoms with E-state index in [1.807, 2.05) is 0 Å². The number of rotatable bonds is 2. The summed E-state index contributed by atoms with van der Waals surface area (Å²) >= 11 is 0. The highest BCUT2D eigenvalue weighted by Crippen LogP contribution is 2.25. The monoisotopic (exact) mass is 319 g/mol. The van der Waals surface area contributed by atoms with E-state index in [1.165, 1.54) is 6.92 Å². The summed E-state index contributed by atoms with van der Waals surface area (Å²) in [7, 11) is -4.64. The number of carbonyl (C=O) groups excluding carboxylic acids is 1. The molecule has 1 fully saturated rings. The molecule has 0 aromatic rings. The van der Waals surface area contributed by atoms with Gasteiger partial charge in [0, 0.05) is 6.92 Å². The molecule has 0 spiro atoms. The molecule has 11 nitrogen and oxygen atoms in total. The van der Waals surface area contributed by atoms with Gasteiger partial charge in [0.15, 0.2) is 6.29 Å². The lowest BCUT2D eigenvalue weighted by Gasteiger charge is -2.40. The maximum atomic E-state index is 10.7. The van der Waals surface area contributed by atoms with Crippen LogP contribution in [0.4, 0.5) is 0 Å². The molecule has 1 aliphatic heterocycles. The summed E-state index contributed by atoms with van der Waals surface area (Å²) in [5.41, 5.74) is 0. The van der Waals surface area contributed by atoms with E-state index in [4.69, 9.17) is 29.1 Å². The molecule has 0 radical (unpaired) electrons. The summed E-state index contributed by atoms with van der Waals surface area (Å²) < 4.78 is 13.7. The van der Waals surface area contributed by atoms with Crippen molar-refractivity contribution in [2.24, 2.45) is 0 Å². The van der Waals surface area contributed by atoms with Gasteiger partial charge in [0.25, 0.3) is 0 Å². The molecule has 20 heavy (non-hydrogen) atoms. The lowest BCUT2D eigenvalue weighted by molar-refractivity contribution is -0.253. The van der Waals surface area contributed by atoms with E-state index < -0.39 is 51.0 Å². The number of amides is 1. The van der Waals surface area contributed by atoms with Crippen LogP contribution in [0.15, 0.2) is 0 Å². The fraction of sp³-hybridized carbons (Fsp3) is 0.875. The van der Waals surface area contributed by atoms with Crippen LogP contribution in [-0.4, -0.2) is 78.3 Å². The minimum atomic E-state index is -4.64. The molecule has 1 aliphatic rings. The number of aliphatic hydroxyl groups excluding tert-OH is 4. The number of ether oxygens (including phenoxy) is 1. The predicted molar refractivity (Wildman–Crippen MR) is 61.8 cm³/mol. The fourth-order valence-corrected chi connectivity index (χ4v) is 1.49. The van der Waals surface area contributed by atoms with E-state index in [0.717, 1.165) is 0 Å². The third-order valence-corrected chi connectivity index (χ3v) is 2.27. The number of phosphoric acid groups is 1. The van der Waals surface area contributed by atoms with E-state index in [0.29, 0.717) is 0 Å². The van der Waals surface area contributed by atoms with Crippen LogP contribution in [0.2, 0.25) is 0 Å². The predicted octanol–water partition coefficient (Wildman–Crippen LogP) is -4.01. The van der Waals surface area contributed by atoms with Crippen molar-refractivity contribution in [2.75, 3.05) is 6.61 Å². The first kappa shape index (κ1) is 19.4. The molecule has 0 aliphatic carbocycles. The Morgan fingerprint density at radius 1 is 1.20 bits per heavy atom. The van der Waals surface area contributed by atoms with E-state index >= 15 is 0 Å². The molecular formula is C8H18NO10P. The second-order valence-electron chi connectivity index (χ2n) is 3.97. The van der Waals surface area contributed by atoms with Gasteiger partial charge in [0.1, 0.15) is 24.4 Å². The molecular weight excluding hydrogens is 301 g/mol. The van der Waals surface area contributed by atoms with Crippen molar-refractivity contribution in [3.8, 4) is 0 Å². The van der Waals surface area contributed by atoms with Crippen molar-refractivity contribution in [3.05, 3.63) is 0 Å². The Morgan fingerprint density at radius 2 is 1.65 bits per heavy atom. The molecule has 1 amide bonds. The van der Waals surface area contributed by atoms with Crippen molar-refractivity contribution in [2.45, 2.75) is 37.6 Å². The minimum absolute atomic E-state index is 0.462. The second-order valence-corrected chi connectivity index (χ2v) is 4.99. The van der Waals surface area contributed by atoms with E-state index in [1.54, 1.807) is 0 Å². The summed E-state index contributed by atoms with van der Waals surface area (Å²) in [6.07, 6.45) is -5.24. The van der Waals surface area contributed by atoms with Crippen LogP contribution in [0.1, 0.15) is 6.92 Å². The summed E-state index contributed by atoms with van der Waals surface area (Å²) in [5.74, 6) is -0.462. The molecule has 8 N–H and O–H groups in total. The summed E-state index contributed by atoms with van der Waals surface area (Å²) in [6.45, 7) is 0.687. The zero-order chi connectivity index (χ0) is 16.1. The van der Waals surface area contributed by atoms with Gasteiger partial charge in [-0.1, -0.05) is 0 Å². The van der Waals surface area contributed by atoms with Crippen LogP contribution in [0.3, 0.4) is 0 Å². The van der Waals surface area contributed by atoms with Crippen LogP contribution in [0, 0.1) is 0 Å². The number of carbonyl (C=O) groups is 1. The highest BCUT2D eigenvalue weighted by molar-refractivity contribution is 7.45. The van der Waals surface area contributed by atoms with Gasteiger partial charge in [-0.25, -0.2) is 4.57 Å². The van der Waals surface area contributed by atoms with Crippen molar-refractivity contribution in [1.82, 2.24) is 5.32 Å². The van der Waals surface area contributed by atoms with Gasteiger partial charge in [-0.3, -0.25) is 4.79 Å². The Labute approximate surface area is 113 Å². The van der Waals surface area contributed by atoms with Crippen LogP contribution in [0.25, 0.3) is 0 Å². The molecule has 5 atom stereocenters. The SMILES string of the molecule is CC(=O)N[C@@H]1[C@@H](O)[C@H](O)[C@@H](CO)O[C@H]1O.O=P(O)(O)O. The third-order valence-electron chi connectivity index (χ3n) is 2.27. The molecule has 12 heteroatoms. The Morgan fingerprint density at radius 3 is 2.00 bits per heavy atom. The Hall–Kier alpha value is -0.620. The lowest BCUT2D eigenvalue weighted by Crippen LogP contribution is -2.63. The third kappa shape index (κ3) is 7.24. The largest absolute Gasteiger partial charge is 0.466 e. The fourth-order valence-electron chi connectivity index (χ4n) is 1.49. The van der Waals surface area contributed by atoms with Gasteiger partial charge < -0.3 is 45.2 Å². The molecule has 0 aromatic heterocycles. The van der Waals surface area contributed by atoms with Gasteiger partial charge in [0.2, 0.25) is 5.91 Å². The molecule has 0 unspecified atom stereocenters. The van der Waals surface area contributed by atoms with Crippen molar-refractivity contribution in [1.29, 1.82) is 0 Å². The van der Waals surface area contributed by atoms with Gasteiger partial charge in [0.05, 0.1) is 6.61 Å². The molecule has 1 rings (SSSR count). The molecule has 1 saturated heterocycles. The number of nitrogens with one attached hydrogen (secondary N) is 1. The first-order valence-electron chi connectivity index (χ1n) is 5.33. The van der Waals surface area contributed by atoms with Crippen LogP contribution in [0.5, 0.6) is 0 Å². The van der Waals surface area contributed by atoms with Crippen LogP contribution >= 0.6 is 7.82 Å². The van der Waals surface area contributed by atoms with Gasteiger partial charge in [-0.2, -0.15) is 0 Å². The molecule has 0 aromatic carbocycles.